The molecule has 0 saturated carbocycles. The van der Waals surface area contributed by atoms with Crippen LogP contribution in [-0.4, -0.2) is 15.8 Å². The summed E-state index contributed by atoms with van der Waals surface area (Å²) >= 11 is 5.58. The highest BCUT2D eigenvalue weighted by Gasteiger charge is 2.48. The van der Waals surface area contributed by atoms with E-state index in [1.54, 1.807) is 12.1 Å². The number of thiocarbonyl (C=S) groups is 1. The van der Waals surface area contributed by atoms with Gasteiger partial charge in [-0.2, -0.15) is 0 Å². The van der Waals surface area contributed by atoms with Gasteiger partial charge >= 0.3 is 0 Å². The van der Waals surface area contributed by atoms with E-state index in [0.717, 1.165) is 11.3 Å². The van der Waals surface area contributed by atoms with E-state index in [2.05, 4.69) is 5.32 Å². The SMILES string of the molecule is Cc1ccc(N2C(=S)NC3CC2(C)Oc2ccc([N+](=O)[O-])cc23)cc1. The minimum Gasteiger partial charge on any atom is -0.467 e. The molecule has 1 saturated heterocycles. The van der Waals surface area contributed by atoms with Crippen molar-refractivity contribution in [2.45, 2.75) is 32.0 Å². The van der Waals surface area contributed by atoms with Crippen LogP contribution >= 0.6 is 12.2 Å². The van der Waals surface area contributed by atoms with Gasteiger partial charge in [0.2, 0.25) is 0 Å². The van der Waals surface area contributed by atoms with E-state index in [0.29, 0.717) is 17.3 Å². The van der Waals surface area contributed by atoms with Crippen molar-refractivity contribution in [2.75, 3.05) is 4.90 Å². The van der Waals surface area contributed by atoms with Crippen LogP contribution < -0.4 is 15.0 Å². The third-order valence-electron chi connectivity index (χ3n) is 4.76. The lowest BCUT2D eigenvalue weighted by molar-refractivity contribution is -0.385. The van der Waals surface area contributed by atoms with Crippen molar-refractivity contribution in [3.63, 3.8) is 0 Å². The van der Waals surface area contributed by atoms with Gasteiger partial charge in [0.1, 0.15) is 5.75 Å². The second kappa shape index (κ2) is 5.42. The van der Waals surface area contributed by atoms with Crippen LogP contribution in [-0.2, 0) is 0 Å². The quantitative estimate of drug-likeness (QED) is 0.502. The van der Waals surface area contributed by atoms with Crippen LogP contribution in [0.25, 0.3) is 0 Å². The number of fused-ring (bicyclic) bond motifs is 4. The molecule has 0 aliphatic carbocycles. The molecule has 0 spiro atoms. The molecule has 25 heavy (non-hydrogen) atoms. The summed E-state index contributed by atoms with van der Waals surface area (Å²) in [5, 5.41) is 14.9. The van der Waals surface area contributed by atoms with E-state index < -0.39 is 10.6 Å². The predicted octanol–water partition coefficient (Wildman–Crippen LogP) is 3.84. The van der Waals surface area contributed by atoms with Crippen molar-refractivity contribution in [2.24, 2.45) is 0 Å². The largest absolute Gasteiger partial charge is 0.467 e. The molecule has 2 atom stereocenters. The van der Waals surface area contributed by atoms with Gasteiger partial charge in [-0.3, -0.25) is 15.0 Å². The fourth-order valence-electron chi connectivity index (χ4n) is 3.56. The number of nitro benzene ring substituents is 1. The van der Waals surface area contributed by atoms with Crippen LogP contribution in [0.15, 0.2) is 42.5 Å². The van der Waals surface area contributed by atoms with Crippen molar-refractivity contribution in [1.29, 1.82) is 0 Å². The number of nitrogens with zero attached hydrogens (tertiary/aromatic N) is 2. The lowest BCUT2D eigenvalue weighted by Gasteiger charge is -2.52. The van der Waals surface area contributed by atoms with Gasteiger partial charge in [-0.05, 0) is 44.3 Å². The molecule has 2 unspecified atom stereocenters. The second-order valence-electron chi connectivity index (χ2n) is 6.63. The highest BCUT2D eigenvalue weighted by Crippen LogP contribution is 2.46. The molecule has 0 radical (unpaired) electrons. The Labute approximate surface area is 150 Å². The van der Waals surface area contributed by atoms with E-state index in [-0.39, 0.29) is 11.7 Å². The van der Waals surface area contributed by atoms with E-state index in [1.807, 2.05) is 43.0 Å². The summed E-state index contributed by atoms with van der Waals surface area (Å²) in [4.78, 5) is 12.6. The number of nitrogens with one attached hydrogen (secondary N) is 1. The van der Waals surface area contributed by atoms with E-state index in [1.165, 1.54) is 11.6 Å². The van der Waals surface area contributed by atoms with Crippen molar-refractivity contribution < 1.29 is 9.66 Å². The molecular formula is C18H17N3O3S. The molecule has 0 aromatic heterocycles. The Kier molecular flexibility index (Phi) is 3.43. The van der Waals surface area contributed by atoms with Crippen molar-refractivity contribution in [3.05, 3.63) is 63.7 Å². The van der Waals surface area contributed by atoms with Gasteiger partial charge in [-0.25, -0.2) is 0 Å². The fraction of sp³-hybridized carbons (Fsp3) is 0.278. The monoisotopic (exact) mass is 355 g/mol. The summed E-state index contributed by atoms with van der Waals surface area (Å²) in [5.74, 6) is 0.650. The van der Waals surface area contributed by atoms with Gasteiger partial charge in [-0.1, -0.05) is 17.7 Å². The Morgan fingerprint density at radius 2 is 2.04 bits per heavy atom. The first-order valence-electron chi connectivity index (χ1n) is 8.02. The maximum atomic E-state index is 11.1. The number of aryl methyl sites for hydroxylation is 1. The smallest absolute Gasteiger partial charge is 0.270 e. The maximum Gasteiger partial charge on any atom is 0.270 e. The number of non-ortho nitro benzene ring substituents is 1. The average Bonchev–Trinajstić information content (AvgIpc) is 2.55. The topological polar surface area (TPSA) is 67.6 Å². The Morgan fingerprint density at radius 1 is 1.32 bits per heavy atom. The molecule has 2 aromatic carbocycles. The normalized spacial score (nSPS) is 24.2. The van der Waals surface area contributed by atoms with Gasteiger partial charge in [0.05, 0.1) is 11.0 Å². The van der Waals surface area contributed by atoms with Crippen LogP contribution in [0, 0.1) is 17.0 Å². The molecule has 4 rings (SSSR count). The first kappa shape index (κ1) is 15.8. The molecule has 128 valence electrons. The zero-order chi connectivity index (χ0) is 17.8. The highest BCUT2D eigenvalue weighted by atomic mass is 32.1. The third-order valence-corrected chi connectivity index (χ3v) is 5.06. The Hall–Kier alpha value is -2.67. The third kappa shape index (κ3) is 2.51. The number of anilines is 1. The number of rotatable bonds is 2. The molecule has 0 amide bonds. The summed E-state index contributed by atoms with van der Waals surface area (Å²) in [6, 6.07) is 12.7. The van der Waals surface area contributed by atoms with Gasteiger partial charge < -0.3 is 10.1 Å². The molecule has 2 aromatic rings. The van der Waals surface area contributed by atoms with E-state index >= 15 is 0 Å². The van der Waals surface area contributed by atoms with Crippen LogP contribution in [0.2, 0.25) is 0 Å². The molecule has 2 aliphatic rings. The van der Waals surface area contributed by atoms with Gasteiger partial charge in [-0.15, -0.1) is 0 Å². The molecule has 6 nitrogen and oxygen atoms in total. The summed E-state index contributed by atoms with van der Waals surface area (Å²) in [6.07, 6.45) is 0.634. The Morgan fingerprint density at radius 3 is 2.72 bits per heavy atom. The summed E-state index contributed by atoms with van der Waals surface area (Å²) in [7, 11) is 0. The first-order chi connectivity index (χ1) is 11.9. The Bertz CT molecular complexity index is 884. The van der Waals surface area contributed by atoms with Crippen LogP contribution in [0.1, 0.15) is 30.5 Å². The number of hydrogen-bond acceptors (Lipinski definition) is 4. The summed E-state index contributed by atoms with van der Waals surface area (Å²) in [6.45, 7) is 4.03. The molecule has 2 heterocycles. The van der Waals surface area contributed by atoms with Crippen molar-refractivity contribution in [1.82, 2.24) is 5.32 Å². The van der Waals surface area contributed by atoms with Crippen LogP contribution in [0.3, 0.4) is 0 Å². The minimum absolute atomic E-state index is 0.0552. The second-order valence-corrected chi connectivity index (χ2v) is 7.02. The zero-order valence-corrected chi connectivity index (χ0v) is 14.7. The van der Waals surface area contributed by atoms with Gasteiger partial charge in [0, 0.05) is 29.8 Å². The lowest BCUT2D eigenvalue weighted by Crippen LogP contribution is -2.65. The van der Waals surface area contributed by atoms with E-state index in [9.17, 15) is 10.1 Å². The first-order valence-corrected chi connectivity index (χ1v) is 8.43. The van der Waals surface area contributed by atoms with Crippen molar-refractivity contribution >= 4 is 28.7 Å². The van der Waals surface area contributed by atoms with Gasteiger partial charge in [0.15, 0.2) is 10.8 Å². The maximum absolute atomic E-state index is 11.1. The number of ether oxygens (including phenoxy) is 1. The molecule has 2 aliphatic heterocycles. The zero-order valence-electron chi connectivity index (χ0n) is 13.9. The average molecular weight is 355 g/mol. The van der Waals surface area contributed by atoms with E-state index in [4.69, 9.17) is 17.0 Å². The summed E-state index contributed by atoms with van der Waals surface area (Å²) < 4.78 is 6.27. The molecule has 2 bridgehead atoms. The Balaban J connectivity index is 1.77. The molecule has 1 fully saturated rings. The van der Waals surface area contributed by atoms with Crippen molar-refractivity contribution in [3.8, 4) is 5.75 Å². The standard InChI is InChI=1S/C18H17N3O3S/c1-11-3-5-12(6-4-11)20-17(25)19-15-10-18(20,2)24-16-8-7-13(21(22)23)9-14(15)16/h3-9,15H,10H2,1-2H3,(H,19,25). The fourth-order valence-corrected chi connectivity index (χ4v) is 4.00. The molecule has 7 heteroatoms. The summed E-state index contributed by atoms with van der Waals surface area (Å²) in [5.41, 5.74) is 2.31. The molecular weight excluding hydrogens is 338 g/mol. The van der Waals surface area contributed by atoms with Crippen LogP contribution in [0.4, 0.5) is 11.4 Å². The van der Waals surface area contributed by atoms with Gasteiger partial charge in [0.25, 0.3) is 5.69 Å². The highest BCUT2D eigenvalue weighted by molar-refractivity contribution is 7.80. The predicted molar refractivity (Wildman–Crippen MR) is 98.9 cm³/mol. The molecule has 1 N–H and O–H groups in total. The lowest BCUT2D eigenvalue weighted by atomic mass is 9.90. The number of nitro groups is 1. The number of benzene rings is 2. The number of hydrogen-bond donors (Lipinski definition) is 1. The minimum atomic E-state index is -0.647. The van der Waals surface area contributed by atoms with Crippen LogP contribution in [0.5, 0.6) is 5.75 Å².